The van der Waals surface area contributed by atoms with Crippen LogP contribution in [0.5, 0.6) is 0 Å². The maximum absolute atomic E-state index is 3.45. The summed E-state index contributed by atoms with van der Waals surface area (Å²) in [5.41, 5.74) is 0. The number of rotatable bonds is 1. The zero-order valence-electron chi connectivity index (χ0n) is 9.10. The quantitative estimate of drug-likeness (QED) is 0.647. The second kappa shape index (κ2) is 6.39. The maximum atomic E-state index is 3.45. The van der Waals surface area contributed by atoms with Crippen molar-refractivity contribution in [2.45, 2.75) is 33.1 Å². The lowest BCUT2D eigenvalue weighted by molar-refractivity contribution is 0.275. The summed E-state index contributed by atoms with van der Waals surface area (Å²) in [7, 11) is 0. The molecule has 2 N–H and O–H groups in total. The highest BCUT2D eigenvalue weighted by Gasteiger charge is 2.25. The van der Waals surface area contributed by atoms with Crippen LogP contribution < -0.4 is 10.6 Å². The molecule has 0 aliphatic carbocycles. The molecule has 1 unspecified atom stereocenters. The van der Waals surface area contributed by atoms with Gasteiger partial charge >= 0.3 is 0 Å². The van der Waals surface area contributed by atoms with E-state index in [1.807, 2.05) is 13.8 Å². The van der Waals surface area contributed by atoms with Crippen molar-refractivity contribution in [3.05, 3.63) is 0 Å². The van der Waals surface area contributed by atoms with Crippen LogP contribution in [0.1, 0.15) is 33.1 Å². The molecule has 0 bridgehead atoms. The Morgan fingerprint density at radius 3 is 1.85 bits per heavy atom. The van der Waals surface area contributed by atoms with Gasteiger partial charge in [0.1, 0.15) is 0 Å². The average molecular weight is 184 g/mol. The van der Waals surface area contributed by atoms with Crippen LogP contribution in [-0.4, -0.2) is 26.2 Å². The summed E-state index contributed by atoms with van der Waals surface area (Å²) in [5, 5.41) is 6.87. The van der Waals surface area contributed by atoms with Gasteiger partial charge in [0.25, 0.3) is 0 Å². The van der Waals surface area contributed by atoms with E-state index < -0.39 is 0 Å². The van der Waals surface area contributed by atoms with E-state index >= 15 is 0 Å². The fourth-order valence-electron chi connectivity index (χ4n) is 2.40. The predicted molar refractivity (Wildman–Crippen MR) is 57.9 cm³/mol. The Morgan fingerprint density at radius 1 is 0.769 bits per heavy atom. The number of piperidine rings is 1. The molecule has 13 heavy (non-hydrogen) atoms. The normalized spacial score (nSPS) is 29.5. The lowest BCUT2D eigenvalue weighted by Crippen LogP contribution is -2.32. The van der Waals surface area contributed by atoms with Gasteiger partial charge in [0.15, 0.2) is 0 Å². The Hall–Kier alpha value is -0.0800. The highest BCUT2D eigenvalue weighted by atomic mass is 14.9. The molecule has 2 saturated heterocycles. The minimum absolute atomic E-state index is 0.997. The average Bonchev–Trinajstić information content (AvgIpc) is 2.75. The van der Waals surface area contributed by atoms with Gasteiger partial charge in [0, 0.05) is 0 Å². The monoisotopic (exact) mass is 184 g/mol. The summed E-state index contributed by atoms with van der Waals surface area (Å²) in [6.07, 6.45) is 4.24. The van der Waals surface area contributed by atoms with Crippen molar-refractivity contribution in [3.8, 4) is 0 Å². The zero-order valence-corrected chi connectivity index (χ0v) is 9.10. The standard InChI is InChI=1S/C9H18N2.C2H6/c1-4-10-5-2-8(1)9-3-6-11-7-9;1-2/h8-11H,1-7H2;1-2H3. The fraction of sp³-hybridized carbons (Fsp3) is 1.00. The number of hydrogen-bond donors (Lipinski definition) is 2. The molecule has 1 atom stereocenters. The zero-order chi connectivity index (χ0) is 9.52. The molecule has 2 nitrogen and oxygen atoms in total. The second-order valence-corrected chi connectivity index (χ2v) is 3.84. The topological polar surface area (TPSA) is 24.1 Å². The van der Waals surface area contributed by atoms with Crippen LogP contribution >= 0.6 is 0 Å². The predicted octanol–water partition coefficient (Wildman–Crippen LogP) is 1.62. The van der Waals surface area contributed by atoms with Crippen LogP contribution in [0.15, 0.2) is 0 Å². The van der Waals surface area contributed by atoms with E-state index in [9.17, 15) is 0 Å². The van der Waals surface area contributed by atoms with Crippen LogP contribution in [0.2, 0.25) is 0 Å². The first-order valence-electron chi connectivity index (χ1n) is 5.88. The number of hydrogen-bond acceptors (Lipinski definition) is 2. The van der Waals surface area contributed by atoms with Crippen molar-refractivity contribution in [3.63, 3.8) is 0 Å². The highest BCUT2D eigenvalue weighted by molar-refractivity contribution is 4.81. The largest absolute Gasteiger partial charge is 0.317 e. The van der Waals surface area contributed by atoms with Crippen LogP contribution in [0, 0.1) is 11.8 Å². The first kappa shape index (κ1) is 11.0. The molecule has 0 saturated carbocycles. The first-order chi connectivity index (χ1) is 6.47. The molecule has 0 aromatic rings. The molecule has 2 aliphatic heterocycles. The van der Waals surface area contributed by atoms with Gasteiger partial charge in [-0.2, -0.15) is 0 Å². The van der Waals surface area contributed by atoms with Gasteiger partial charge in [-0.25, -0.2) is 0 Å². The van der Waals surface area contributed by atoms with Gasteiger partial charge in [-0.15, -0.1) is 0 Å². The van der Waals surface area contributed by atoms with E-state index in [1.165, 1.54) is 45.4 Å². The lowest BCUT2D eigenvalue weighted by atomic mass is 9.84. The molecular formula is C11H24N2. The molecule has 0 spiro atoms. The molecule has 2 aliphatic rings. The van der Waals surface area contributed by atoms with E-state index in [1.54, 1.807) is 0 Å². The molecular weight excluding hydrogens is 160 g/mol. The second-order valence-electron chi connectivity index (χ2n) is 3.84. The van der Waals surface area contributed by atoms with Crippen LogP contribution in [-0.2, 0) is 0 Å². The molecule has 2 rings (SSSR count). The van der Waals surface area contributed by atoms with E-state index in [0.717, 1.165) is 11.8 Å². The molecule has 0 radical (unpaired) electrons. The molecule has 0 aromatic carbocycles. The van der Waals surface area contributed by atoms with Crippen molar-refractivity contribution in [2.24, 2.45) is 11.8 Å². The number of nitrogens with one attached hydrogen (secondary N) is 2. The van der Waals surface area contributed by atoms with Gasteiger partial charge in [0.2, 0.25) is 0 Å². The lowest BCUT2D eigenvalue weighted by Gasteiger charge is -2.27. The Bertz CT molecular complexity index is 113. The molecule has 2 heteroatoms. The van der Waals surface area contributed by atoms with E-state index in [2.05, 4.69) is 10.6 Å². The molecule has 0 aromatic heterocycles. The Labute approximate surface area is 82.5 Å². The third-order valence-electron chi connectivity index (χ3n) is 3.15. The van der Waals surface area contributed by atoms with Crippen molar-refractivity contribution >= 4 is 0 Å². The van der Waals surface area contributed by atoms with Crippen molar-refractivity contribution in [1.82, 2.24) is 10.6 Å². The smallest absolute Gasteiger partial charge is 0.00174 e. The third kappa shape index (κ3) is 3.28. The molecule has 2 heterocycles. The minimum Gasteiger partial charge on any atom is -0.317 e. The SMILES string of the molecule is C1CC(C2CCNC2)CCN1.CC. The first-order valence-corrected chi connectivity index (χ1v) is 5.88. The van der Waals surface area contributed by atoms with Gasteiger partial charge in [-0.3, -0.25) is 0 Å². The highest BCUT2D eigenvalue weighted by Crippen LogP contribution is 2.26. The fourth-order valence-corrected chi connectivity index (χ4v) is 2.40. The van der Waals surface area contributed by atoms with E-state index in [0.29, 0.717) is 0 Å². The summed E-state index contributed by atoms with van der Waals surface area (Å²) in [4.78, 5) is 0. The van der Waals surface area contributed by atoms with Gasteiger partial charge in [-0.1, -0.05) is 13.8 Å². The Morgan fingerprint density at radius 2 is 1.31 bits per heavy atom. The summed E-state index contributed by atoms with van der Waals surface area (Å²) >= 11 is 0. The Balaban J connectivity index is 0.000000396. The van der Waals surface area contributed by atoms with Crippen molar-refractivity contribution in [2.75, 3.05) is 26.2 Å². The van der Waals surface area contributed by atoms with Gasteiger partial charge < -0.3 is 10.6 Å². The van der Waals surface area contributed by atoms with Crippen molar-refractivity contribution < 1.29 is 0 Å². The summed E-state index contributed by atoms with van der Waals surface area (Å²) in [6.45, 7) is 9.04. The van der Waals surface area contributed by atoms with E-state index in [-0.39, 0.29) is 0 Å². The Kier molecular flexibility index (Phi) is 5.40. The molecule has 0 amide bonds. The van der Waals surface area contributed by atoms with E-state index in [4.69, 9.17) is 0 Å². The third-order valence-corrected chi connectivity index (χ3v) is 3.15. The van der Waals surface area contributed by atoms with Gasteiger partial charge in [0.05, 0.1) is 0 Å². The summed E-state index contributed by atoms with van der Waals surface area (Å²) in [6, 6.07) is 0. The maximum Gasteiger partial charge on any atom is -0.00174 e. The van der Waals surface area contributed by atoms with Crippen LogP contribution in [0.4, 0.5) is 0 Å². The van der Waals surface area contributed by atoms with Crippen molar-refractivity contribution in [1.29, 1.82) is 0 Å². The van der Waals surface area contributed by atoms with Gasteiger partial charge in [-0.05, 0) is 57.3 Å². The summed E-state index contributed by atoms with van der Waals surface area (Å²) in [5.74, 6) is 2.02. The van der Waals surface area contributed by atoms with Crippen LogP contribution in [0.3, 0.4) is 0 Å². The van der Waals surface area contributed by atoms with Crippen LogP contribution in [0.25, 0.3) is 0 Å². The minimum atomic E-state index is 0.997. The molecule has 78 valence electrons. The summed E-state index contributed by atoms with van der Waals surface area (Å²) < 4.78 is 0. The molecule has 2 fully saturated rings.